The van der Waals surface area contributed by atoms with Gasteiger partial charge in [0.15, 0.2) is 0 Å². The molecule has 2 fully saturated rings. The number of carbonyl (C=O) groups is 3. The normalized spacial score (nSPS) is 17.5. The van der Waals surface area contributed by atoms with E-state index in [9.17, 15) is 14.4 Å². The number of anilines is 2. The van der Waals surface area contributed by atoms with E-state index in [0.29, 0.717) is 34.6 Å². The number of amides is 3. The van der Waals surface area contributed by atoms with Gasteiger partial charge in [0.1, 0.15) is 17.1 Å². The minimum atomic E-state index is -0.709. The second-order valence-corrected chi connectivity index (χ2v) is 17.0. The summed E-state index contributed by atoms with van der Waals surface area (Å²) in [6.45, 7) is 6.60. The van der Waals surface area contributed by atoms with Crippen molar-refractivity contribution in [2.75, 3.05) is 17.2 Å². The van der Waals surface area contributed by atoms with Crippen molar-refractivity contribution >= 4 is 56.8 Å². The third-order valence-electron chi connectivity index (χ3n) is 11.6. The molecule has 1 unspecified atom stereocenters. The van der Waals surface area contributed by atoms with Gasteiger partial charge in [0, 0.05) is 40.9 Å². The van der Waals surface area contributed by atoms with E-state index < -0.39 is 11.7 Å². The highest BCUT2D eigenvalue weighted by atomic mass is 16.6. The van der Waals surface area contributed by atoms with Gasteiger partial charge >= 0.3 is 6.09 Å². The summed E-state index contributed by atoms with van der Waals surface area (Å²) in [7, 11) is 0. The number of rotatable bonds is 7. The lowest BCUT2D eigenvalue weighted by molar-refractivity contribution is -0.119. The van der Waals surface area contributed by atoms with Gasteiger partial charge < -0.3 is 25.3 Å². The first-order chi connectivity index (χ1) is 27.5. The minimum Gasteiger partial charge on any atom is -0.444 e. The van der Waals surface area contributed by atoms with Crippen molar-refractivity contribution in [3.63, 3.8) is 0 Å². The number of piperidine rings is 1. The molecule has 57 heavy (non-hydrogen) atoms. The third-order valence-corrected chi connectivity index (χ3v) is 11.6. The Morgan fingerprint density at radius 1 is 0.789 bits per heavy atom. The molecule has 0 radical (unpaired) electrons. The molecule has 1 saturated heterocycles. The van der Waals surface area contributed by atoms with Crippen LogP contribution in [-0.4, -0.2) is 46.5 Å². The molecule has 5 aromatic rings. The number of aromatic nitrogens is 1. The third kappa shape index (κ3) is 9.92. The fourth-order valence-corrected chi connectivity index (χ4v) is 8.55. The Balaban J connectivity index is 1.06. The molecule has 10 heteroatoms. The van der Waals surface area contributed by atoms with Crippen LogP contribution in [0.25, 0.3) is 21.7 Å². The Bertz CT molecular complexity index is 2230. The summed E-state index contributed by atoms with van der Waals surface area (Å²) in [5, 5.41) is 23.9. The molecule has 1 atom stereocenters. The van der Waals surface area contributed by atoms with Crippen LogP contribution in [0.5, 0.6) is 0 Å². The zero-order chi connectivity index (χ0) is 40.0. The predicted octanol–water partition coefficient (Wildman–Crippen LogP) is 10.1. The van der Waals surface area contributed by atoms with Crippen molar-refractivity contribution in [1.82, 2.24) is 15.2 Å². The number of hydrogen-bond acceptors (Lipinski definition) is 6. The molecule has 1 aliphatic carbocycles. The lowest BCUT2D eigenvalue weighted by Crippen LogP contribution is -2.51. The van der Waals surface area contributed by atoms with E-state index in [2.05, 4.69) is 45.5 Å². The smallest absolute Gasteiger partial charge is 0.413 e. The number of nitrogens with one attached hydrogen (secondary N) is 5. The van der Waals surface area contributed by atoms with Crippen LogP contribution in [0.2, 0.25) is 0 Å². The highest BCUT2D eigenvalue weighted by molar-refractivity contribution is 6.09. The first kappa shape index (κ1) is 39.7. The monoisotopic (exact) mass is 768 g/mol. The second kappa shape index (κ2) is 17.3. The van der Waals surface area contributed by atoms with Crippen LogP contribution in [0.1, 0.15) is 113 Å². The van der Waals surface area contributed by atoms with Gasteiger partial charge in [-0.1, -0.05) is 99.5 Å². The molecule has 2 aliphatic rings. The number of alkyl carbamates (subject to hydrolysis) is 1. The minimum absolute atomic E-state index is 0.0202. The quantitative estimate of drug-likeness (QED) is 0.0829. The van der Waals surface area contributed by atoms with E-state index in [0.717, 1.165) is 46.6 Å². The second-order valence-electron chi connectivity index (χ2n) is 17.0. The molecular formula is C47H56N6O4. The first-order valence-electron chi connectivity index (χ1n) is 20.6. The number of carbonyl (C=O) groups excluding carboxylic acids is 3. The summed E-state index contributed by atoms with van der Waals surface area (Å²) >= 11 is 0. The van der Waals surface area contributed by atoms with E-state index in [1.807, 2.05) is 53.1 Å². The van der Waals surface area contributed by atoms with Gasteiger partial charge in [0.2, 0.25) is 5.91 Å². The van der Waals surface area contributed by atoms with Crippen molar-refractivity contribution in [1.29, 1.82) is 5.41 Å². The molecule has 7 rings (SSSR count). The Morgan fingerprint density at radius 3 is 2.14 bits per heavy atom. The number of hydrogen-bond donors (Lipinski definition) is 5. The van der Waals surface area contributed by atoms with E-state index in [-0.39, 0.29) is 23.7 Å². The van der Waals surface area contributed by atoms with Crippen LogP contribution in [0, 0.1) is 10.8 Å². The Labute approximate surface area is 335 Å². The topological polar surface area (TPSA) is 137 Å². The fraction of sp³-hybridized carbons (Fsp3) is 0.404. The molecule has 5 N–H and O–H groups in total. The molecular weight excluding hydrogens is 713 g/mol. The number of fused-ring (bicyclic) bond motifs is 2. The van der Waals surface area contributed by atoms with Crippen molar-refractivity contribution in [2.24, 2.45) is 5.41 Å². The lowest BCUT2D eigenvalue weighted by Gasteiger charge is -2.41. The highest BCUT2D eigenvalue weighted by Gasteiger charge is 2.36. The molecule has 1 saturated carbocycles. The van der Waals surface area contributed by atoms with Crippen LogP contribution in [0.4, 0.5) is 16.2 Å². The Kier molecular flexibility index (Phi) is 12.1. The van der Waals surface area contributed by atoms with Gasteiger partial charge in [-0.25, -0.2) is 4.79 Å². The van der Waals surface area contributed by atoms with Gasteiger partial charge in [-0.15, -0.1) is 0 Å². The Hall–Kier alpha value is -5.48. The van der Waals surface area contributed by atoms with E-state index in [4.69, 9.17) is 10.1 Å². The van der Waals surface area contributed by atoms with Gasteiger partial charge in [-0.05, 0) is 105 Å². The molecule has 1 aliphatic heterocycles. The highest BCUT2D eigenvalue weighted by Crippen LogP contribution is 2.40. The van der Waals surface area contributed by atoms with Gasteiger partial charge in [-0.3, -0.25) is 20.3 Å². The van der Waals surface area contributed by atoms with Crippen molar-refractivity contribution in [2.45, 2.75) is 110 Å². The van der Waals surface area contributed by atoms with Crippen molar-refractivity contribution in [3.05, 3.63) is 108 Å². The van der Waals surface area contributed by atoms with Gasteiger partial charge in [0.05, 0.1) is 6.04 Å². The zero-order valence-corrected chi connectivity index (χ0v) is 33.5. The summed E-state index contributed by atoms with van der Waals surface area (Å²) < 4.78 is 7.32. The molecule has 3 amide bonds. The van der Waals surface area contributed by atoms with Crippen LogP contribution in [0.15, 0.2) is 91.0 Å². The maximum absolute atomic E-state index is 14.1. The maximum atomic E-state index is 14.1. The van der Waals surface area contributed by atoms with Crippen molar-refractivity contribution in [3.8, 4) is 0 Å². The average Bonchev–Trinajstić information content (AvgIpc) is 3.55. The van der Waals surface area contributed by atoms with Crippen LogP contribution in [0.3, 0.4) is 0 Å². The lowest BCUT2D eigenvalue weighted by atomic mass is 9.71. The molecule has 4 aromatic carbocycles. The van der Waals surface area contributed by atoms with E-state index in [1.165, 1.54) is 57.8 Å². The summed E-state index contributed by atoms with van der Waals surface area (Å²) in [6, 6.07) is 28.6. The van der Waals surface area contributed by atoms with E-state index >= 15 is 0 Å². The number of benzene rings is 4. The summed E-state index contributed by atoms with van der Waals surface area (Å²) in [5.74, 6) is -0.424. The predicted molar refractivity (Wildman–Crippen MR) is 229 cm³/mol. The van der Waals surface area contributed by atoms with Crippen LogP contribution < -0.4 is 21.3 Å². The first-order valence-corrected chi connectivity index (χ1v) is 20.6. The number of nitrogens with zero attached hydrogens (tertiary/aromatic N) is 1. The Morgan fingerprint density at radius 2 is 1.46 bits per heavy atom. The van der Waals surface area contributed by atoms with E-state index in [1.54, 1.807) is 39.0 Å². The van der Waals surface area contributed by atoms with Crippen LogP contribution >= 0.6 is 0 Å². The summed E-state index contributed by atoms with van der Waals surface area (Å²) in [6.07, 6.45) is 13.0. The maximum Gasteiger partial charge on any atom is 0.413 e. The largest absolute Gasteiger partial charge is 0.444 e. The molecule has 298 valence electrons. The number of ether oxygens (including phenoxy) is 1. The zero-order valence-electron chi connectivity index (χ0n) is 33.5. The standard InChI is InChI=1S/C47H56N6O4/c1-46(2,3)57-45(56)52-42(48)34-19-18-33-28-41(53(40(33)29-34)30-35-16-13-15-32-14-9-10-17-38(32)35)44(55)51-37-22-20-36(21-23-37)50-43(54)39-24-27-47(31-49-39)25-11-7-5-4-6-8-12-26-47/h9-10,13-23,28-29,39,49H,4-8,11-12,24-27,30-31H2,1-3H3,(H,50,54)(H,51,55)(H2,48,52,56). The molecule has 1 spiro atoms. The summed E-state index contributed by atoms with van der Waals surface area (Å²) in [4.78, 5) is 39.9. The van der Waals surface area contributed by atoms with Crippen LogP contribution in [-0.2, 0) is 16.1 Å². The SMILES string of the molecule is CC(C)(C)OC(=O)NC(=N)c1ccc2cc(C(=O)Nc3ccc(NC(=O)C4CCC5(CCCCCCCCC5)CN4)cc3)n(Cc3cccc4ccccc34)c2c1. The van der Waals surface area contributed by atoms with Gasteiger partial charge in [0.25, 0.3) is 5.91 Å². The molecule has 1 aromatic heterocycles. The van der Waals surface area contributed by atoms with Crippen molar-refractivity contribution < 1.29 is 19.1 Å². The summed E-state index contributed by atoms with van der Waals surface area (Å²) in [5.41, 5.74) is 3.57. The molecule has 10 nitrogen and oxygen atoms in total. The average molecular weight is 769 g/mol. The fourth-order valence-electron chi connectivity index (χ4n) is 8.55. The molecule has 0 bridgehead atoms. The number of amidine groups is 1. The molecule has 2 heterocycles. The van der Waals surface area contributed by atoms with Gasteiger partial charge in [-0.2, -0.15) is 0 Å².